The van der Waals surface area contributed by atoms with Crippen molar-refractivity contribution < 1.29 is 14.3 Å². The zero-order chi connectivity index (χ0) is 18.3. The molecule has 2 N–H and O–H groups in total. The van der Waals surface area contributed by atoms with Crippen molar-refractivity contribution in [2.45, 2.75) is 24.7 Å². The number of rotatable bonds is 5. The molecule has 0 unspecified atom stereocenters. The van der Waals surface area contributed by atoms with Gasteiger partial charge in [-0.25, -0.2) is 0 Å². The number of H-pyrrole nitrogens is 1. The van der Waals surface area contributed by atoms with Crippen LogP contribution in [0.25, 0.3) is 10.9 Å². The van der Waals surface area contributed by atoms with E-state index in [0.29, 0.717) is 19.8 Å². The topological polar surface area (TPSA) is 63.4 Å². The van der Waals surface area contributed by atoms with E-state index in [1.165, 1.54) is 10.9 Å². The zero-order valence-corrected chi connectivity index (χ0v) is 15.1. The molecule has 1 saturated carbocycles. The maximum atomic E-state index is 12.9. The van der Waals surface area contributed by atoms with E-state index in [0.717, 1.165) is 41.8 Å². The standard InChI is InChI=1S/C22H22N2O3/c25-21(23-10-7-15-14-24-18-4-2-1-3-17(15)18)22(8-9-22)16-5-6-19-20(13-16)27-12-11-26-19/h1-6,13-14,24H,7-12H2,(H,23,25). The Morgan fingerprint density at radius 1 is 1.07 bits per heavy atom. The number of hydrogen-bond donors (Lipinski definition) is 2. The van der Waals surface area contributed by atoms with Crippen LogP contribution in [0, 0.1) is 0 Å². The third-order valence-electron chi connectivity index (χ3n) is 5.63. The molecule has 1 amide bonds. The lowest BCUT2D eigenvalue weighted by molar-refractivity contribution is -0.123. The van der Waals surface area contributed by atoms with Gasteiger partial charge in [-0.2, -0.15) is 0 Å². The molecule has 5 heteroatoms. The Bertz CT molecular complexity index is 1000. The largest absolute Gasteiger partial charge is 0.486 e. The molecular formula is C22H22N2O3. The summed E-state index contributed by atoms with van der Waals surface area (Å²) in [5, 5.41) is 4.36. The van der Waals surface area contributed by atoms with E-state index in [9.17, 15) is 4.79 Å². The SMILES string of the molecule is O=C(NCCc1c[nH]c2ccccc12)C1(c2ccc3c(c2)OCCO3)CC1. The highest BCUT2D eigenvalue weighted by Gasteiger charge is 2.51. The van der Waals surface area contributed by atoms with Crippen LogP contribution in [-0.4, -0.2) is 30.6 Å². The third kappa shape index (κ3) is 2.83. The van der Waals surface area contributed by atoms with E-state index in [1.54, 1.807) is 0 Å². The molecule has 138 valence electrons. The highest BCUT2D eigenvalue weighted by Crippen LogP contribution is 2.50. The maximum absolute atomic E-state index is 12.9. The monoisotopic (exact) mass is 362 g/mol. The van der Waals surface area contributed by atoms with Gasteiger partial charge in [0, 0.05) is 23.6 Å². The molecule has 5 rings (SSSR count). The van der Waals surface area contributed by atoms with Gasteiger partial charge >= 0.3 is 0 Å². The van der Waals surface area contributed by atoms with Crippen molar-refractivity contribution in [1.82, 2.24) is 10.3 Å². The van der Waals surface area contributed by atoms with E-state index in [-0.39, 0.29) is 5.91 Å². The molecule has 0 radical (unpaired) electrons. The van der Waals surface area contributed by atoms with E-state index in [1.807, 2.05) is 36.5 Å². The Kier molecular flexibility index (Phi) is 3.81. The number of ether oxygens (including phenoxy) is 2. The molecule has 1 aromatic heterocycles. The molecule has 1 fully saturated rings. The summed E-state index contributed by atoms with van der Waals surface area (Å²) in [6.07, 6.45) is 4.61. The summed E-state index contributed by atoms with van der Waals surface area (Å²) in [6, 6.07) is 14.1. The van der Waals surface area contributed by atoms with Crippen molar-refractivity contribution in [3.05, 3.63) is 59.8 Å². The summed E-state index contributed by atoms with van der Waals surface area (Å²) in [5.74, 6) is 1.62. The molecular weight excluding hydrogens is 340 g/mol. The quantitative estimate of drug-likeness (QED) is 0.732. The molecule has 2 heterocycles. The molecule has 2 aromatic carbocycles. The van der Waals surface area contributed by atoms with Gasteiger partial charge in [-0.3, -0.25) is 4.79 Å². The predicted molar refractivity (Wildman–Crippen MR) is 103 cm³/mol. The summed E-state index contributed by atoms with van der Waals surface area (Å²) in [7, 11) is 0. The lowest BCUT2D eigenvalue weighted by atomic mass is 9.94. The van der Waals surface area contributed by atoms with E-state index in [2.05, 4.69) is 22.4 Å². The lowest BCUT2D eigenvalue weighted by Crippen LogP contribution is -2.36. The second-order valence-electron chi connectivity index (χ2n) is 7.31. The minimum Gasteiger partial charge on any atom is -0.486 e. The first-order valence-electron chi connectivity index (χ1n) is 9.50. The first-order chi connectivity index (χ1) is 13.3. The highest BCUT2D eigenvalue weighted by atomic mass is 16.6. The van der Waals surface area contributed by atoms with Crippen LogP contribution in [0.5, 0.6) is 11.5 Å². The fourth-order valence-corrected chi connectivity index (χ4v) is 3.93. The molecule has 27 heavy (non-hydrogen) atoms. The van der Waals surface area contributed by atoms with Crippen LogP contribution in [-0.2, 0) is 16.6 Å². The van der Waals surface area contributed by atoms with Crippen molar-refractivity contribution in [2.24, 2.45) is 0 Å². The molecule has 2 aliphatic rings. The Balaban J connectivity index is 1.27. The number of carbonyl (C=O) groups excluding carboxylic acids is 1. The summed E-state index contributed by atoms with van der Waals surface area (Å²) >= 11 is 0. The summed E-state index contributed by atoms with van der Waals surface area (Å²) in [6.45, 7) is 1.76. The molecule has 3 aromatic rings. The van der Waals surface area contributed by atoms with Gasteiger partial charge in [0.1, 0.15) is 13.2 Å². The number of amides is 1. The smallest absolute Gasteiger partial charge is 0.230 e. The average Bonchev–Trinajstić information content (AvgIpc) is 3.43. The van der Waals surface area contributed by atoms with Gasteiger partial charge in [-0.1, -0.05) is 24.3 Å². The van der Waals surface area contributed by atoms with Gasteiger partial charge in [0.15, 0.2) is 11.5 Å². The van der Waals surface area contributed by atoms with Gasteiger partial charge in [-0.15, -0.1) is 0 Å². The average molecular weight is 362 g/mol. The lowest BCUT2D eigenvalue weighted by Gasteiger charge is -2.21. The number of carbonyl (C=O) groups is 1. The minimum atomic E-state index is -0.407. The van der Waals surface area contributed by atoms with Crippen molar-refractivity contribution in [2.75, 3.05) is 19.8 Å². The van der Waals surface area contributed by atoms with E-state index < -0.39 is 5.41 Å². The number of hydrogen-bond acceptors (Lipinski definition) is 3. The van der Waals surface area contributed by atoms with Gasteiger partial charge in [0.2, 0.25) is 5.91 Å². The summed E-state index contributed by atoms with van der Waals surface area (Å²) in [4.78, 5) is 16.2. The first kappa shape index (κ1) is 16.2. The fraction of sp³-hybridized carbons (Fsp3) is 0.318. The van der Waals surface area contributed by atoms with Crippen molar-refractivity contribution in [3.63, 3.8) is 0 Å². The fourth-order valence-electron chi connectivity index (χ4n) is 3.93. The molecule has 5 nitrogen and oxygen atoms in total. The van der Waals surface area contributed by atoms with Crippen LogP contribution in [0.4, 0.5) is 0 Å². The van der Waals surface area contributed by atoms with Crippen LogP contribution in [0.3, 0.4) is 0 Å². The van der Waals surface area contributed by atoms with E-state index >= 15 is 0 Å². The Hall–Kier alpha value is -2.95. The van der Waals surface area contributed by atoms with Gasteiger partial charge in [0.25, 0.3) is 0 Å². The van der Waals surface area contributed by atoms with Crippen LogP contribution >= 0.6 is 0 Å². The van der Waals surface area contributed by atoms with Gasteiger partial charge < -0.3 is 19.8 Å². The van der Waals surface area contributed by atoms with Crippen LogP contribution < -0.4 is 14.8 Å². The van der Waals surface area contributed by atoms with Crippen LogP contribution in [0.15, 0.2) is 48.7 Å². The highest BCUT2D eigenvalue weighted by molar-refractivity contribution is 5.91. The minimum absolute atomic E-state index is 0.110. The molecule has 0 bridgehead atoms. The number of aromatic amines is 1. The Morgan fingerprint density at radius 2 is 1.89 bits per heavy atom. The Labute approximate surface area is 157 Å². The zero-order valence-electron chi connectivity index (χ0n) is 15.1. The van der Waals surface area contributed by atoms with Crippen molar-refractivity contribution in [3.8, 4) is 11.5 Å². The van der Waals surface area contributed by atoms with Crippen molar-refractivity contribution in [1.29, 1.82) is 0 Å². The molecule has 0 spiro atoms. The normalized spacial score (nSPS) is 16.9. The molecule has 1 aliphatic heterocycles. The molecule has 0 atom stereocenters. The van der Waals surface area contributed by atoms with Crippen molar-refractivity contribution >= 4 is 16.8 Å². The number of para-hydroxylation sites is 1. The van der Waals surface area contributed by atoms with Gasteiger partial charge in [-0.05, 0) is 48.6 Å². The number of fused-ring (bicyclic) bond motifs is 2. The number of aromatic nitrogens is 1. The third-order valence-corrected chi connectivity index (χ3v) is 5.63. The predicted octanol–water partition coefficient (Wildman–Crippen LogP) is 3.33. The maximum Gasteiger partial charge on any atom is 0.230 e. The second kappa shape index (κ2) is 6.34. The van der Waals surface area contributed by atoms with Gasteiger partial charge in [0.05, 0.1) is 5.41 Å². The summed E-state index contributed by atoms with van der Waals surface area (Å²) in [5.41, 5.74) is 2.98. The molecule has 0 saturated heterocycles. The van der Waals surface area contributed by atoms with E-state index in [4.69, 9.17) is 9.47 Å². The Morgan fingerprint density at radius 3 is 2.74 bits per heavy atom. The second-order valence-corrected chi connectivity index (χ2v) is 7.31. The van der Waals surface area contributed by atoms with Crippen LogP contribution in [0.1, 0.15) is 24.0 Å². The summed E-state index contributed by atoms with van der Waals surface area (Å²) < 4.78 is 11.3. The number of benzene rings is 2. The van der Waals surface area contributed by atoms with Crippen LogP contribution in [0.2, 0.25) is 0 Å². The number of nitrogens with one attached hydrogen (secondary N) is 2. The molecule has 1 aliphatic carbocycles. The first-order valence-corrected chi connectivity index (χ1v) is 9.50.